The van der Waals surface area contributed by atoms with E-state index in [2.05, 4.69) is 4.98 Å². The number of amides is 1. The molecule has 0 unspecified atom stereocenters. The van der Waals surface area contributed by atoms with Gasteiger partial charge < -0.3 is 24.2 Å². The summed E-state index contributed by atoms with van der Waals surface area (Å²) in [4.78, 5) is 42.7. The van der Waals surface area contributed by atoms with Gasteiger partial charge in [0.15, 0.2) is 4.88 Å². The van der Waals surface area contributed by atoms with Gasteiger partial charge in [-0.25, -0.2) is 14.6 Å². The first-order chi connectivity index (χ1) is 20.1. The number of carbonyl (C=O) groups is 3. The minimum atomic E-state index is -1.11. The number of thiophene rings is 1. The van der Waals surface area contributed by atoms with Crippen molar-refractivity contribution in [1.29, 1.82) is 0 Å². The Bertz CT molecular complexity index is 1690. The molecule has 0 aliphatic rings. The fourth-order valence-corrected chi connectivity index (χ4v) is 5.85. The molecule has 3 heterocycles. The van der Waals surface area contributed by atoms with Crippen LogP contribution in [-0.4, -0.2) is 50.1 Å². The maximum Gasteiger partial charge on any atom is 0.410 e. The SMILES string of the molecule is CC(=O)OCc1ccc([C@@H](C)Oc2c(C(=O)O)sc(-c3cnc4ccc(CN(C)C(=O)OC(C)(C)C)cn34)c2C)c(Cl)c1. The smallest absolute Gasteiger partial charge is 0.410 e. The van der Waals surface area contributed by atoms with Crippen LogP contribution in [-0.2, 0) is 27.4 Å². The van der Waals surface area contributed by atoms with Gasteiger partial charge in [0.05, 0.1) is 23.3 Å². The molecular formula is C31H34ClN3O7S. The molecule has 0 aliphatic heterocycles. The molecule has 4 rings (SSSR count). The number of nitrogens with zero attached hydrogens (tertiary/aromatic N) is 3. The molecule has 0 fully saturated rings. The van der Waals surface area contributed by atoms with Gasteiger partial charge in [-0.1, -0.05) is 29.8 Å². The van der Waals surface area contributed by atoms with Gasteiger partial charge in [0, 0.05) is 36.3 Å². The lowest BCUT2D eigenvalue weighted by Gasteiger charge is -2.24. The fourth-order valence-electron chi connectivity index (χ4n) is 4.41. The highest BCUT2D eigenvalue weighted by Crippen LogP contribution is 2.43. The first-order valence-corrected chi connectivity index (χ1v) is 14.7. The quantitative estimate of drug-likeness (QED) is 0.192. The predicted octanol–water partition coefficient (Wildman–Crippen LogP) is 7.29. The fraction of sp³-hybridized carbons (Fsp3) is 0.355. The van der Waals surface area contributed by atoms with E-state index >= 15 is 0 Å². The van der Waals surface area contributed by atoms with Gasteiger partial charge in [-0.3, -0.25) is 9.20 Å². The lowest BCUT2D eigenvalue weighted by atomic mass is 10.1. The maximum absolute atomic E-state index is 12.5. The summed E-state index contributed by atoms with van der Waals surface area (Å²) in [5.41, 5.74) is 3.62. The summed E-state index contributed by atoms with van der Waals surface area (Å²) < 4.78 is 18.6. The van der Waals surface area contributed by atoms with Gasteiger partial charge in [0.25, 0.3) is 0 Å². The third-order valence-electron chi connectivity index (χ3n) is 6.45. The molecule has 0 bridgehead atoms. The number of pyridine rings is 1. The lowest BCUT2D eigenvalue weighted by Crippen LogP contribution is -2.33. The third kappa shape index (κ3) is 7.47. The zero-order chi connectivity index (χ0) is 31.6. The van der Waals surface area contributed by atoms with E-state index in [0.717, 1.165) is 22.5 Å². The van der Waals surface area contributed by atoms with Crippen molar-refractivity contribution in [3.05, 3.63) is 74.9 Å². The summed E-state index contributed by atoms with van der Waals surface area (Å²) in [6, 6.07) is 8.98. The van der Waals surface area contributed by atoms with E-state index in [-0.39, 0.29) is 17.2 Å². The molecule has 12 heteroatoms. The van der Waals surface area contributed by atoms with Gasteiger partial charge in [0.1, 0.15) is 29.7 Å². The van der Waals surface area contributed by atoms with Crippen LogP contribution < -0.4 is 4.74 Å². The van der Waals surface area contributed by atoms with Crippen LogP contribution in [0.5, 0.6) is 5.75 Å². The van der Waals surface area contributed by atoms with Gasteiger partial charge in [-0.05, 0) is 57.9 Å². The second-order valence-electron chi connectivity index (χ2n) is 11.2. The van der Waals surface area contributed by atoms with E-state index in [0.29, 0.717) is 38.9 Å². The number of carbonyl (C=O) groups excluding carboxylic acids is 2. The summed E-state index contributed by atoms with van der Waals surface area (Å²) in [6.07, 6.45) is 2.55. The number of rotatable bonds is 9. The second kappa shape index (κ2) is 12.6. The number of carboxylic acids is 1. The largest absolute Gasteiger partial charge is 0.484 e. The van der Waals surface area contributed by atoms with E-state index in [1.165, 1.54) is 11.8 Å². The minimum absolute atomic E-state index is 0.0534. The van der Waals surface area contributed by atoms with Crippen molar-refractivity contribution >= 4 is 46.6 Å². The Hall–Kier alpha value is -4.09. The summed E-state index contributed by atoms with van der Waals surface area (Å²) in [6.45, 7) is 10.8. The maximum atomic E-state index is 12.5. The molecule has 0 saturated carbocycles. The van der Waals surface area contributed by atoms with Crippen LogP contribution in [0.25, 0.3) is 16.2 Å². The average Bonchev–Trinajstić information content (AvgIpc) is 3.46. The Labute approximate surface area is 258 Å². The number of aromatic carboxylic acids is 1. The highest BCUT2D eigenvalue weighted by molar-refractivity contribution is 7.17. The minimum Gasteiger partial charge on any atom is -0.484 e. The summed E-state index contributed by atoms with van der Waals surface area (Å²) >= 11 is 7.62. The van der Waals surface area contributed by atoms with Gasteiger partial charge in [0.2, 0.25) is 0 Å². The Morgan fingerprint density at radius 3 is 2.49 bits per heavy atom. The Kier molecular flexibility index (Phi) is 9.36. The average molecular weight is 628 g/mol. The Balaban J connectivity index is 1.63. The molecule has 3 aromatic heterocycles. The highest BCUT2D eigenvalue weighted by Gasteiger charge is 2.27. The molecule has 1 aromatic carbocycles. The zero-order valence-electron chi connectivity index (χ0n) is 25.1. The van der Waals surface area contributed by atoms with Gasteiger partial charge in [-0.2, -0.15) is 0 Å². The number of fused-ring (bicyclic) bond motifs is 1. The highest BCUT2D eigenvalue weighted by atomic mass is 35.5. The third-order valence-corrected chi connectivity index (χ3v) is 8.06. The molecule has 0 spiro atoms. The Morgan fingerprint density at radius 1 is 1.16 bits per heavy atom. The summed E-state index contributed by atoms with van der Waals surface area (Å²) in [5, 5.41) is 10.5. The van der Waals surface area contributed by atoms with Crippen molar-refractivity contribution in [2.75, 3.05) is 7.05 Å². The number of ether oxygens (including phenoxy) is 3. The van der Waals surface area contributed by atoms with E-state index in [9.17, 15) is 19.5 Å². The number of carboxylic acid groups (broad SMARTS) is 1. The molecule has 1 amide bonds. The number of aromatic nitrogens is 2. The van der Waals surface area contributed by atoms with Crippen LogP contribution in [0.3, 0.4) is 0 Å². The predicted molar refractivity (Wildman–Crippen MR) is 164 cm³/mol. The van der Waals surface area contributed by atoms with E-state index in [4.69, 9.17) is 25.8 Å². The lowest BCUT2D eigenvalue weighted by molar-refractivity contribution is -0.142. The molecule has 10 nitrogen and oxygen atoms in total. The number of halogens is 1. The topological polar surface area (TPSA) is 120 Å². The molecule has 1 N–H and O–H groups in total. The van der Waals surface area contributed by atoms with E-state index in [1.807, 2.05) is 50.4 Å². The number of hydrogen-bond donors (Lipinski definition) is 1. The van der Waals surface area contributed by atoms with E-state index in [1.54, 1.807) is 38.4 Å². The summed E-state index contributed by atoms with van der Waals surface area (Å²) in [5.74, 6) is -1.26. The molecule has 1 atom stereocenters. The molecular weight excluding hydrogens is 594 g/mol. The van der Waals surface area contributed by atoms with Crippen LogP contribution in [0, 0.1) is 6.92 Å². The number of imidazole rings is 1. The molecule has 0 radical (unpaired) electrons. The van der Waals surface area contributed by atoms with Gasteiger partial charge >= 0.3 is 18.0 Å². The summed E-state index contributed by atoms with van der Waals surface area (Å²) in [7, 11) is 1.67. The van der Waals surface area contributed by atoms with Crippen molar-refractivity contribution < 1.29 is 33.7 Å². The van der Waals surface area contributed by atoms with Crippen molar-refractivity contribution in [2.24, 2.45) is 0 Å². The van der Waals surface area contributed by atoms with Crippen molar-refractivity contribution in [3.8, 4) is 16.3 Å². The molecule has 0 aliphatic carbocycles. The normalized spacial score (nSPS) is 12.2. The van der Waals surface area contributed by atoms with Crippen LogP contribution in [0.2, 0.25) is 5.02 Å². The Morgan fingerprint density at radius 2 is 1.86 bits per heavy atom. The van der Waals surface area contributed by atoms with Crippen molar-refractivity contribution in [2.45, 2.75) is 66.4 Å². The van der Waals surface area contributed by atoms with E-state index < -0.39 is 29.7 Å². The number of esters is 1. The first-order valence-electron chi connectivity index (χ1n) is 13.5. The van der Waals surface area contributed by atoms with Crippen LogP contribution in [0.15, 0.2) is 42.7 Å². The molecule has 4 aromatic rings. The zero-order valence-corrected chi connectivity index (χ0v) is 26.6. The molecule has 228 valence electrons. The van der Waals surface area contributed by atoms with Gasteiger partial charge in [-0.15, -0.1) is 11.3 Å². The molecule has 43 heavy (non-hydrogen) atoms. The van der Waals surface area contributed by atoms with Crippen LogP contribution in [0.1, 0.15) is 72.6 Å². The standard InChI is InChI=1S/C31H34ClN3O7S/c1-17-26(41-18(2)22-10-8-20(12-23(22)32)16-40-19(3)36)28(29(37)38)43-27(17)24-13-33-25-11-9-21(15-35(24)25)14-34(7)30(39)42-31(4,5)6/h8-13,15,18H,14,16H2,1-7H3,(H,37,38)/t18-/m1/s1. The monoisotopic (exact) mass is 627 g/mol. The van der Waals surface area contributed by atoms with Crippen molar-refractivity contribution in [1.82, 2.24) is 14.3 Å². The number of benzene rings is 1. The van der Waals surface area contributed by atoms with Crippen LogP contribution >= 0.6 is 22.9 Å². The molecule has 0 saturated heterocycles. The number of hydrogen-bond acceptors (Lipinski definition) is 8. The second-order valence-corrected chi connectivity index (χ2v) is 12.6. The van der Waals surface area contributed by atoms with Crippen LogP contribution in [0.4, 0.5) is 4.79 Å². The first kappa shape index (κ1) is 31.8. The van der Waals surface area contributed by atoms with Crippen molar-refractivity contribution in [3.63, 3.8) is 0 Å².